The van der Waals surface area contributed by atoms with Gasteiger partial charge in [0.2, 0.25) is 0 Å². The average Bonchev–Trinajstić information content (AvgIpc) is 2.77. The Labute approximate surface area is 85.1 Å². The third kappa shape index (κ3) is 2.28. The Hall–Kier alpha value is -0.990. The molecular formula is C11H18N2O. The average molecular weight is 194 g/mol. The van der Waals surface area contributed by atoms with Gasteiger partial charge in [-0.2, -0.15) is 5.10 Å². The maximum absolute atomic E-state index is 5.62. The Balaban J connectivity index is 1.94. The molecule has 0 aromatic carbocycles. The first-order chi connectivity index (χ1) is 6.55. The normalized spacial score (nSPS) is 17.1. The van der Waals surface area contributed by atoms with Crippen molar-refractivity contribution in [2.24, 2.45) is 5.92 Å². The van der Waals surface area contributed by atoms with E-state index in [-0.39, 0.29) is 5.54 Å². The van der Waals surface area contributed by atoms with Crippen LogP contribution in [0.25, 0.3) is 0 Å². The largest absolute Gasteiger partial charge is 0.490 e. The molecule has 1 fully saturated rings. The van der Waals surface area contributed by atoms with Crippen molar-refractivity contribution in [3.63, 3.8) is 0 Å². The molecule has 14 heavy (non-hydrogen) atoms. The highest BCUT2D eigenvalue weighted by Crippen LogP contribution is 2.29. The van der Waals surface area contributed by atoms with E-state index in [1.807, 2.05) is 10.9 Å². The number of ether oxygens (including phenoxy) is 1. The van der Waals surface area contributed by atoms with E-state index in [1.165, 1.54) is 12.8 Å². The lowest BCUT2D eigenvalue weighted by molar-refractivity contribution is 0.296. The van der Waals surface area contributed by atoms with Gasteiger partial charge in [-0.1, -0.05) is 0 Å². The molecule has 0 N–H and O–H groups in total. The molecular weight excluding hydrogens is 176 g/mol. The molecule has 0 amide bonds. The molecule has 2 rings (SSSR count). The summed E-state index contributed by atoms with van der Waals surface area (Å²) >= 11 is 0. The Kier molecular flexibility index (Phi) is 2.25. The van der Waals surface area contributed by atoms with Crippen LogP contribution in [-0.4, -0.2) is 16.4 Å². The molecule has 0 aliphatic heterocycles. The van der Waals surface area contributed by atoms with E-state index in [9.17, 15) is 0 Å². The molecule has 3 heteroatoms. The first kappa shape index (κ1) is 9.56. The van der Waals surface area contributed by atoms with Crippen LogP contribution < -0.4 is 4.74 Å². The van der Waals surface area contributed by atoms with Crippen molar-refractivity contribution in [3.8, 4) is 5.75 Å². The molecule has 0 atom stereocenters. The van der Waals surface area contributed by atoms with E-state index >= 15 is 0 Å². The van der Waals surface area contributed by atoms with Gasteiger partial charge in [-0.05, 0) is 39.5 Å². The number of rotatable bonds is 3. The van der Waals surface area contributed by atoms with E-state index in [0.29, 0.717) is 0 Å². The van der Waals surface area contributed by atoms with E-state index < -0.39 is 0 Å². The standard InChI is InChI=1S/C11H18N2O/c1-11(2,3)13-7-10(6-12-13)14-8-9-4-5-9/h6-7,9H,4-5,8H2,1-3H3. The lowest BCUT2D eigenvalue weighted by Crippen LogP contribution is -2.21. The number of nitrogens with zero attached hydrogens (tertiary/aromatic N) is 2. The minimum atomic E-state index is 0.0428. The Morgan fingerprint density at radius 1 is 1.50 bits per heavy atom. The molecule has 1 aromatic rings. The zero-order valence-electron chi connectivity index (χ0n) is 9.16. The van der Waals surface area contributed by atoms with Gasteiger partial charge in [-0.3, -0.25) is 4.68 Å². The SMILES string of the molecule is CC(C)(C)n1cc(OCC2CC2)cn1. The predicted molar refractivity (Wildman–Crippen MR) is 55.4 cm³/mol. The molecule has 3 nitrogen and oxygen atoms in total. The van der Waals surface area contributed by atoms with E-state index in [2.05, 4.69) is 25.9 Å². The van der Waals surface area contributed by atoms with Crippen LogP contribution in [0.4, 0.5) is 0 Å². The van der Waals surface area contributed by atoms with Gasteiger partial charge in [-0.15, -0.1) is 0 Å². The highest BCUT2D eigenvalue weighted by atomic mass is 16.5. The molecule has 1 heterocycles. The second kappa shape index (κ2) is 3.30. The molecule has 0 bridgehead atoms. The monoisotopic (exact) mass is 194 g/mol. The van der Waals surface area contributed by atoms with Crippen molar-refractivity contribution >= 4 is 0 Å². The lowest BCUT2D eigenvalue weighted by Gasteiger charge is -2.18. The summed E-state index contributed by atoms with van der Waals surface area (Å²) in [5.41, 5.74) is 0.0428. The molecule has 1 aromatic heterocycles. The van der Waals surface area contributed by atoms with E-state index in [0.717, 1.165) is 18.3 Å². The van der Waals surface area contributed by atoms with Crippen molar-refractivity contribution in [1.82, 2.24) is 9.78 Å². The first-order valence-electron chi connectivity index (χ1n) is 5.23. The topological polar surface area (TPSA) is 27.1 Å². The van der Waals surface area contributed by atoms with Crippen molar-refractivity contribution in [1.29, 1.82) is 0 Å². The van der Waals surface area contributed by atoms with Crippen molar-refractivity contribution in [3.05, 3.63) is 12.4 Å². The quantitative estimate of drug-likeness (QED) is 0.739. The minimum Gasteiger partial charge on any atom is -0.490 e. The molecule has 0 spiro atoms. The van der Waals surface area contributed by atoms with Gasteiger partial charge in [-0.25, -0.2) is 0 Å². The van der Waals surface area contributed by atoms with Gasteiger partial charge in [0.1, 0.15) is 0 Å². The smallest absolute Gasteiger partial charge is 0.157 e. The third-order valence-electron chi connectivity index (χ3n) is 2.43. The van der Waals surface area contributed by atoms with Gasteiger partial charge in [0.25, 0.3) is 0 Å². The van der Waals surface area contributed by atoms with Crippen LogP contribution in [0.3, 0.4) is 0 Å². The van der Waals surface area contributed by atoms with E-state index in [4.69, 9.17) is 4.74 Å². The Morgan fingerprint density at radius 3 is 2.71 bits per heavy atom. The minimum absolute atomic E-state index is 0.0428. The lowest BCUT2D eigenvalue weighted by atomic mass is 10.1. The van der Waals surface area contributed by atoms with Crippen molar-refractivity contribution in [2.75, 3.05) is 6.61 Å². The summed E-state index contributed by atoms with van der Waals surface area (Å²) in [6, 6.07) is 0. The summed E-state index contributed by atoms with van der Waals surface area (Å²) < 4.78 is 7.56. The fourth-order valence-corrected chi connectivity index (χ4v) is 1.25. The summed E-state index contributed by atoms with van der Waals surface area (Å²) in [5.74, 6) is 1.69. The van der Waals surface area contributed by atoms with Gasteiger partial charge in [0.05, 0.1) is 24.5 Å². The highest BCUT2D eigenvalue weighted by molar-refractivity contribution is 5.12. The summed E-state index contributed by atoms with van der Waals surface area (Å²) in [5, 5.41) is 4.28. The van der Waals surface area contributed by atoms with Gasteiger partial charge < -0.3 is 4.74 Å². The van der Waals surface area contributed by atoms with Gasteiger partial charge in [0.15, 0.2) is 5.75 Å². The second-order valence-corrected chi connectivity index (χ2v) is 5.05. The predicted octanol–water partition coefficient (Wildman–Crippen LogP) is 2.43. The van der Waals surface area contributed by atoms with Crippen LogP contribution in [0.15, 0.2) is 12.4 Å². The third-order valence-corrected chi connectivity index (χ3v) is 2.43. The van der Waals surface area contributed by atoms with Crippen LogP contribution in [0.5, 0.6) is 5.75 Å². The molecule has 0 saturated heterocycles. The van der Waals surface area contributed by atoms with Crippen molar-refractivity contribution in [2.45, 2.75) is 39.2 Å². The Morgan fingerprint density at radius 2 is 2.21 bits per heavy atom. The summed E-state index contributed by atoms with van der Waals surface area (Å²) in [6.07, 6.45) is 6.43. The molecule has 1 saturated carbocycles. The van der Waals surface area contributed by atoms with Crippen LogP contribution in [0.2, 0.25) is 0 Å². The number of hydrogen-bond acceptors (Lipinski definition) is 2. The highest BCUT2D eigenvalue weighted by Gasteiger charge is 2.22. The maximum Gasteiger partial charge on any atom is 0.157 e. The molecule has 0 unspecified atom stereocenters. The molecule has 1 aliphatic carbocycles. The fourth-order valence-electron chi connectivity index (χ4n) is 1.25. The zero-order valence-corrected chi connectivity index (χ0v) is 9.16. The summed E-state index contributed by atoms with van der Waals surface area (Å²) in [4.78, 5) is 0. The van der Waals surface area contributed by atoms with Crippen molar-refractivity contribution < 1.29 is 4.74 Å². The second-order valence-electron chi connectivity index (χ2n) is 5.05. The molecule has 78 valence electrons. The van der Waals surface area contributed by atoms with Gasteiger partial charge >= 0.3 is 0 Å². The Bertz CT molecular complexity index is 307. The van der Waals surface area contributed by atoms with Crippen LogP contribution >= 0.6 is 0 Å². The number of hydrogen-bond donors (Lipinski definition) is 0. The van der Waals surface area contributed by atoms with E-state index in [1.54, 1.807) is 6.20 Å². The maximum atomic E-state index is 5.62. The summed E-state index contributed by atoms with van der Waals surface area (Å²) in [7, 11) is 0. The van der Waals surface area contributed by atoms with Gasteiger partial charge in [0, 0.05) is 0 Å². The first-order valence-corrected chi connectivity index (χ1v) is 5.23. The zero-order chi connectivity index (χ0) is 10.2. The van der Waals surface area contributed by atoms with Crippen LogP contribution in [-0.2, 0) is 5.54 Å². The van der Waals surface area contributed by atoms with Crippen LogP contribution in [0.1, 0.15) is 33.6 Å². The summed E-state index contributed by atoms with van der Waals surface area (Å²) in [6.45, 7) is 7.25. The number of aromatic nitrogens is 2. The van der Waals surface area contributed by atoms with Crippen LogP contribution in [0, 0.1) is 5.92 Å². The molecule has 1 aliphatic rings. The molecule has 0 radical (unpaired) electrons. The fraction of sp³-hybridized carbons (Fsp3) is 0.727.